The molecule has 0 spiro atoms. The number of rotatable bonds is 3. The van der Waals surface area contributed by atoms with Crippen LogP contribution in [0.3, 0.4) is 0 Å². The number of carbonyl (C=O) groups excluding carboxylic acids is 1. The summed E-state index contributed by atoms with van der Waals surface area (Å²) < 4.78 is 19.7. The molecular formula is C17H24ClFN2O2. The number of benzene rings is 1. The number of hydrogen-bond donors (Lipinski definition) is 2. The Morgan fingerprint density at radius 2 is 2.22 bits per heavy atom. The number of halogens is 2. The van der Waals surface area contributed by atoms with Gasteiger partial charge in [-0.1, -0.05) is 38.4 Å². The van der Waals surface area contributed by atoms with Crippen LogP contribution in [-0.4, -0.2) is 32.1 Å². The first kappa shape index (κ1) is 18.2. The summed E-state index contributed by atoms with van der Waals surface area (Å²) in [5.74, 6) is -0.449. The van der Waals surface area contributed by atoms with E-state index in [9.17, 15) is 9.18 Å². The van der Waals surface area contributed by atoms with Crippen molar-refractivity contribution in [2.45, 2.75) is 26.9 Å². The molecule has 1 aliphatic rings. The third kappa shape index (κ3) is 4.90. The first-order chi connectivity index (χ1) is 10.8. The minimum Gasteiger partial charge on any atom is -0.372 e. The van der Waals surface area contributed by atoms with Crippen LogP contribution in [0.5, 0.6) is 0 Å². The van der Waals surface area contributed by atoms with Crippen LogP contribution in [0.25, 0.3) is 0 Å². The summed E-state index contributed by atoms with van der Waals surface area (Å²) in [6.07, 6.45) is -0.281. The molecule has 1 aliphatic heterocycles. The van der Waals surface area contributed by atoms with E-state index >= 15 is 0 Å². The van der Waals surface area contributed by atoms with Gasteiger partial charge in [-0.3, -0.25) is 4.79 Å². The van der Waals surface area contributed by atoms with Crippen LogP contribution in [0.4, 0.5) is 4.39 Å². The number of ether oxygens (including phenoxy) is 1. The van der Waals surface area contributed by atoms with E-state index in [1.54, 1.807) is 12.1 Å². The lowest BCUT2D eigenvalue weighted by Crippen LogP contribution is -2.41. The highest BCUT2D eigenvalue weighted by Gasteiger charge is 2.29. The van der Waals surface area contributed by atoms with Crippen molar-refractivity contribution in [2.75, 3.05) is 26.2 Å². The standard InChI is InChI=1S/C17H24ClFN2O2/c1-17(2,3)16(22)21-10-12-9-20-6-7-23-15(12)11-4-5-13(18)14(19)8-11/h4-5,8,12,15,20H,6-7,9-10H2,1-3H3,(H,21,22)/t12-,15-/m0/s1. The number of amides is 1. The highest BCUT2D eigenvalue weighted by atomic mass is 35.5. The van der Waals surface area contributed by atoms with Gasteiger partial charge in [-0.2, -0.15) is 0 Å². The molecule has 1 heterocycles. The minimum absolute atomic E-state index is 0.0113. The molecule has 0 bridgehead atoms. The van der Waals surface area contributed by atoms with Gasteiger partial charge in [0.15, 0.2) is 0 Å². The average molecular weight is 343 g/mol. The maximum absolute atomic E-state index is 13.8. The van der Waals surface area contributed by atoms with Crippen molar-refractivity contribution in [1.82, 2.24) is 10.6 Å². The Bertz CT molecular complexity index is 560. The first-order valence-corrected chi connectivity index (χ1v) is 8.22. The number of carbonyl (C=O) groups is 1. The Morgan fingerprint density at radius 3 is 2.87 bits per heavy atom. The lowest BCUT2D eigenvalue weighted by atomic mass is 9.93. The highest BCUT2D eigenvalue weighted by molar-refractivity contribution is 6.30. The van der Waals surface area contributed by atoms with Crippen LogP contribution in [0.1, 0.15) is 32.4 Å². The van der Waals surface area contributed by atoms with Crippen molar-refractivity contribution in [2.24, 2.45) is 11.3 Å². The van der Waals surface area contributed by atoms with Crippen molar-refractivity contribution in [3.05, 3.63) is 34.6 Å². The molecule has 0 radical (unpaired) electrons. The Balaban J connectivity index is 2.13. The lowest BCUT2D eigenvalue weighted by molar-refractivity contribution is -0.128. The van der Waals surface area contributed by atoms with Gasteiger partial charge in [0.25, 0.3) is 0 Å². The molecular weight excluding hydrogens is 319 g/mol. The van der Waals surface area contributed by atoms with E-state index in [2.05, 4.69) is 10.6 Å². The lowest BCUT2D eigenvalue weighted by Gasteiger charge is -2.27. The van der Waals surface area contributed by atoms with Gasteiger partial charge in [0.05, 0.1) is 17.7 Å². The number of hydrogen-bond acceptors (Lipinski definition) is 3. The third-order valence-electron chi connectivity index (χ3n) is 3.89. The molecule has 23 heavy (non-hydrogen) atoms. The van der Waals surface area contributed by atoms with Gasteiger partial charge >= 0.3 is 0 Å². The monoisotopic (exact) mass is 342 g/mol. The normalized spacial score (nSPS) is 22.5. The van der Waals surface area contributed by atoms with E-state index in [0.717, 1.165) is 12.1 Å². The molecule has 1 amide bonds. The molecule has 1 aromatic rings. The van der Waals surface area contributed by atoms with E-state index in [0.29, 0.717) is 19.7 Å². The third-order valence-corrected chi connectivity index (χ3v) is 4.20. The molecule has 1 aromatic carbocycles. The van der Waals surface area contributed by atoms with Crippen molar-refractivity contribution >= 4 is 17.5 Å². The topological polar surface area (TPSA) is 50.4 Å². The average Bonchev–Trinajstić information content (AvgIpc) is 2.72. The van der Waals surface area contributed by atoms with Crippen LogP contribution >= 0.6 is 11.6 Å². The predicted molar refractivity (Wildman–Crippen MR) is 88.9 cm³/mol. The zero-order valence-corrected chi connectivity index (χ0v) is 14.5. The van der Waals surface area contributed by atoms with Crippen molar-refractivity contribution in [3.8, 4) is 0 Å². The second-order valence-corrected chi connectivity index (χ2v) is 7.30. The van der Waals surface area contributed by atoms with E-state index in [-0.39, 0.29) is 23.0 Å². The summed E-state index contributed by atoms with van der Waals surface area (Å²) in [6.45, 7) is 8.05. The SMILES string of the molecule is CC(C)(C)C(=O)NC[C@@H]1CNCCO[C@H]1c1ccc(Cl)c(F)c1. The second-order valence-electron chi connectivity index (χ2n) is 6.89. The Morgan fingerprint density at radius 1 is 1.48 bits per heavy atom. The fourth-order valence-electron chi connectivity index (χ4n) is 2.51. The highest BCUT2D eigenvalue weighted by Crippen LogP contribution is 2.29. The summed E-state index contributed by atoms with van der Waals surface area (Å²) in [5, 5.41) is 6.35. The molecule has 0 unspecified atom stereocenters. The molecule has 6 heteroatoms. The molecule has 0 saturated carbocycles. The maximum Gasteiger partial charge on any atom is 0.225 e. The Hall–Kier alpha value is -1.17. The fourth-order valence-corrected chi connectivity index (χ4v) is 2.63. The molecule has 2 rings (SSSR count). The molecule has 4 nitrogen and oxygen atoms in total. The van der Waals surface area contributed by atoms with E-state index in [1.165, 1.54) is 6.07 Å². The summed E-state index contributed by atoms with van der Waals surface area (Å²) in [5.41, 5.74) is 0.298. The molecule has 1 saturated heterocycles. The second kappa shape index (κ2) is 7.60. The zero-order chi connectivity index (χ0) is 17.0. The molecule has 0 aliphatic carbocycles. The van der Waals surface area contributed by atoms with Crippen LogP contribution in [0.15, 0.2) is 18.2 Å². The minimum atomic E-state index is -0.456. The van der Waals surface area contributed by atoms with Crippen molar-refractivity contribution in [3.63, 3.8) is 0 Å². The largest absolute Gasteiger partial charge is 0.372 e. The molecule has 0 aromatic heterocycles. The summed E-state index contributed by atoms with van der Waals surface area (Å²) >= 11 is 5.76. The van der Waals surface area contributed by atoms with Gasteiger partial charge in [0.1, 0.15) is 5.82 Å². The zero-order valence-electron chi connectivity index (χ0n) is 13.8. The van der Waals surface area contributed by atoms with Crippen molar-refractivity contribution in [1.29, 1.82) is 0 Å². The van der Waals surface area contributed by atoms with Gasteiger partial charge in [0, 0.05) is 31.0 Å². The van der Waals surface area contributed by atoms with Gasteiger partial charge in [-0.25, -0.2) is 4.39 Å². The maximum atomic E-state index is 13.8. The molecule has 2 N–H and O–H groups in total. The molecule has 2 atom stereocenters. The van der Waals surface area contributed by atoms with E-state index in [4.69, 9.17) is 16.3 Å². The van der Waals surface area contributed by atoms with Crippen LogP contribution in [-0.2, 0) is 9.53 Å². The van der Waals surface area contributed by atoms with Crippen LogP contribution in [0, 0.1) is 17.2 Å². The van der Waals surface area contributed by atoms with E-state index in [1.807, 2.05) is 20.8 Å². The first-order valence-electron chi connectivity index (χ1n) is 7.84. The molecule has 128 valence electrons. The molecule has 1 fully saturated rings. The summed E-state index contributed by atoms with van der Waals surface area (Å²) in [4.78, 5) is 12.1. The predicted octanol–water partition coefficient (Wildman–Crippen LogP) is 2.92. The Labute approximate surface area is 141 Å². The van der Waals surface area contributed by atoms with Crippen LogP contribution in [0.2, 0.25) is 5.02 Å². The van der Waals surface area contributed by atoms with Gasteiger partial charge < -0.3 is 15.4 Å². The van der Waals surface area contributed by atoms with Gasteiger partial charge in [-0.05, 0) is 17.7 Å². The van der Waals surface area contributed by atoms with Crippen LogP contribution < -0.4 is 10.6 Å². The van der Waals surface area contributed by atoms with Gasteiger partial charge in [-0.15, -0.1) is 0 Å². The quantitative estimate of drug-likeness (QED) is 0.888. The van der Waals surface area contributed by atoms with E-state index < -0.39 is 11.2 Å². The van der Waals surface area contributed by atoms with Gasteiger partial charge in [0.2, 0.25) is 5.91 Å². The number of nitrogens with one attached hydrogen (secondary N) is 2. The van der Waals surface area contributed by atoms with Crippen molar-refractivity contribution < 1.29 is 13.9 Å². The summed E-state index contributed by atoms with van der Waals surface area (Å²) in [7, 11) is 0. The Kier molecular flexibility index (Phi) is 6.00. The summed E-state index contributed by atoms with van der Waals surface area (Å²) in [6, 6.07) is 4.73. The fraction of sp³-hybridized carbons (Fsp3) is 0.588. The smallest absolute Gasteiger partial charge is 0.225 e.